The van der Waals surface area contributed by atoms with Crippen LogP contribution >= 0.6 is 0 Å². The molecule has 31 heavy (non-hydrogen) atoms. The van der Waals surface area contributed by atoms with Gasteiger partial charge in [0.05, 0.1) is 0 Å². The molecule has 164 valence electrons. The fraction of sp³-hybridized carbons (Fsp3) is 0.417. The molecule has 1 fully saturated rings. The van der Waals surface area contributed by atoms with E-state index in [0.29, 0.717) is 17.9 Å². The van der Waals surface area contributed by atoms with E-state index in [1.165, 1.54) is 12.8 Å². The van der Waals surface area contributed by atoms with Gasteiger partial charge in [-0.2, -0.15) is 0 Å². The number of nitrogens with zero attached hydrogens (tertiary/aromatic N) is 1. The van der Waals surface area contributed by atoms with Crippen molar-refractivity contribution in [3.05, 3.63) is 48.5 Å². The van der Waals surface area contributed by atoms with Crippen molar-refractivity contribution in [1.29, 1.82) is 0 Å². The molecule has 2 amide bonds. The van der Waals surface area contributed by atoms with E-state index >= 15 is 0 Å². The number of hydrogen-bond donors (Lipinski definition) is 2. The zero-order valence-electron chi connectivity index (χ0n) is 17.8. The number of ether oxygens (including phenoxy) is 2. The number of rotatable bonds is 7. The van der Waals surface area contributed by atoms with Crippen LogP contribution in [-0.2, 0) is 9.59 Å². The third-order valence-corrected chi connectivity index (χ3v) is 5.60. The van der Waals surface area contributed by atoms with Crippen molar-refractivity contribution in [3.63, 3.8) is 0 Å². The van der Waals surface area contributed by atoms with Gasteiger partial charge in [0.25, 0.3) is 5.91 Å². The summed E-state index contributed by atoms with van der Waals surface area (Å²) in [5, 5.41) is 5.80. The molecule has 0 aromatic heterocycles. The second-order valence-corrected chi connectivity index (χ2v) is 7.95. The number of amides is 2. The number of carbonyl (C=O) groups is 2. The molecule has 0 bridgehead atoms. The van der Waals surface area contributed by atoms with Gasteiger partial charge in [-0.15, -0.1) is 0 Å². The first-order valence-electron chi connectivity index (χ1n) is 11.0. The molecule has 1 saturated heterocycles. The molecule has 0 spiro atoms. The van der Waals surface area contributed by atoms with Crippen LogP contribution in [0.25, 0.3) is 0 Å². The van der Waals surface area contributed by atoms with Crippen molar-refractivity contribution < 1.29 is 19.1 Å². The number of carbonyl (C=O) groups excluding carboxylic acids is 2. The van der Waals surface area contributed by atoms with Crippen LogP contribution in [0.3, 0.4) is 0 Å². The minimum Gasteiger partial charge on any atom is -0.485 e. The van der Waals surface area contributed by atoms with Crippen molar-refractivity contribution in [3.8, 4) is 11.5 Å². The van der Waals surface area contributed by atoms with E-state index in [1.807, 2.05) is 37.3 Å². The Morgan fingerprint density at radius 1 is 1.10 bits per heavy atom. The molecule has 2 unspecified atom stereocenters. The number of nitrogens with one attached hydrogen (secondary N) is 2. The van der Waals surface area contributed by atoms with Crippen molar-refractivity contribution in [2.24, 2.45) is 0 Å². The van der Waals surface area contributed by atoms with Crippen LogP contribution in [0.15, 0.2) is 48.5 Å². The average molecular weight is 424 g/mol. The lowest BCUT2D eigenvalue weighted by atomic mass is 10.1. The fourth-order valence-corrected chi connectivity index (χ4v) is 3.96. The first-order valence-corrected chi connectivity index (χ1v) is 11.0. The Kier molecular flexibility index (Phi) is 6.60. The molecule has 4 rings (SSSR count). The van der Waals surface area contributed by atoms with Crippen LogP contribution in [0.1, 0.15) is 32.6 Å². The minimum absolute atomic E-state index is 0.112. The highest BCUT2D eigenvalue weighted by atomic mass is 16.6. The predicted octanol–water partition coefficient (Wildman–Crippen LogP) is 3.35. The van der Waals surface area contributed by atoms with Gasteiger partial charge in [-0.05, 0) is 49.6 Å². The van der Waals surface area contributed by atoms with Crippen LogP contribution in [0, 0.1) is 0 Å². The molecular formula is C24H29N3O4. The summed E-state index contributed by atoms with van der Waals surface area (Å²) in [6.45, 7) is 4.18. The molecule has 2 N–H and O–H groups in total. The third kappa shape index (κ3) is 5.10. The summed E-state index contributed by atoms with van der Waals surface area (Å²) in [7, 11) is 0. The molecule has 2 aliphatic heterocycles. The summed E-state index contributed by atoms with van der Waals surface area (Å²) in [4.78, 5) is 28.0. The van der Waals surface area contributed by atoms with Gasteiger partial charge in [0.1, 0.15) is 12.6 Å². The second kappa shape index (κ2) is 9.73. The van der Waals surface area contributed by atoms with Gasteiger partial charge in [0, 0.05) is 24.5 Å². The molecule has 0 aliphatic carbocycles. The van der Waals surface area contributed by atoms with E-state index in [9.17, 15) is 9.59 Å². The molecule has 2 aromatic carbocycles. The lowest BCUT2D eigenvalue weighted by Crippen LogP contribution is -2.51. The first kappa shape index (κ1) is 21.0. The highest BCUT2D eigenvalue weighted by molar-refractivity contribution is 5.98. The molecule has 7 heteroatoms. The zero-order valence-corrected chi connectivity index (χ0v) is 17.8. The molecule has 7 nitrogen and oxygen atoms in total. The van der Waals surface area contributed by atoms with Gasteiger partial charge in [0.2, 0.25) is 12.0 Å². The Morgan fingerprint density at radius 3 is 2.65 bits per heavy atom. The molecule has 2 atom stereocenters. The van der Waals surface area contributed by atoms with Crippen LogP contribution in [-0.4, -0.2) is 43.7 Å². The molecule has 2 heterocycles. The normalized spacial score (nSPS) is 18.4. The standard InChI is InChI=1S/C24H29N3O4/c1-2-8-19(26-24(29)22-16-30-20-11-3-4-12-21(20)31-22)23(28)25-17-9-7-10-18(15-17)27-13-5-6-14-27/h3-4,7,9-12,15,19,22H,2,5-6,8,13-14,16H2,1H3,(H,25,28)(H,26,29). The summed E-state index contributed by atoms with van der Waals surface area (Å²) in [6, 6.07) is 14.5. The lowest BCUT2D eigenvalue weighted by Gasteiger charge is -2.27. The van der Waals surface area contributed by atoms with Gasteiger partial charge in [0.15, 0.2) is 11.5 Å². The highest BCUT2D eigenvalue weighted by Gasteiger charge is 2.30. The quantitative estimate of drug-likeness (QED) is 0.714. The summed E-state index contributed by atoms with van der Waals surface area (Å²) in [5.41, 5.74) is 1.84. The number of benzene rings is 2. The Morgan fingerprint density at radius 2 is 1.87 bits per heavy atom. The maximum absolute atomic E-state index is 12.9. The van der Waals surface area contributed by atoms with Gasteiger partial charge >= 0.3 is 0 Å². The maximum Gasteiger partial charge on any atom is 0.265 e. The predicted molar refractivity (Wildman–Crippen MR) is 120 cm³/mol. The Labute approximate surface area is 182 Å². The monoisotopic (exact) mass is 423 g/mol. The minimum atomic E-state index is -0.791. The smallest absolute Gasteiger partial charge is 0.265 e. The topological polar surface area (TPSA) is 79.9 Å². The Bertz CT molecular complexity index is 927. The van der Waals surface area contributed by atoms with Crippen molar-refractivity contribution in [1.82, 2.24) is 5.32 Å². The Balaban J connectivity index is 1.38. The summed E-state index contributed by atoms with van der Waals surface area (Å²) in [5.74, 6) is 0.566. The highest BCUT2D eigenvalue weighted by Crippen LogP contribution is 2.31. The van der Waals surface area contributed by atoms with Gasteiger partial charge in [-0.3, -0.25) is 9.59 Å². The third-order valence-electron chi connectivity index (χ3n) is 5.60. The first-order chi connectivity index (χ1) is 15.1. The summed E-state index contributed by atoms with van der Waals surface area (Å²) >= 11 is 0. The summed E-state index contributed by atoms with van der Waals surface area (Å²) < 4.78 is 11.4. The van der Waals surface area contributed by atoms with E-state index in [0.717, 1.165) is 30.9 Å². The SMILES string of the molecule is CCCC(NC(=O)C1COc2ccccc2O1)C(=O)Nc1cccc(N2CCCC2)c1. The fourth-order valence-electron chi connectivity index (χ4n) is 3.96. The van der Waals surface area contributed by atoms with Crippen molar-refractivity contribution in [2.45, 2.75) is 44.8 Å². The van der Waals surface area contributed by atoms with Crippen LogP contribution < -0.4 is 25.0 Å². The van der Waals surface area contributed by atoms with E-state index in [4.69, 9.17) is 9.47 Å². The van der Waals surface area contributed by atoms with E-state index in [2.05, 4.69) is 21.6 Å². The van der Waals surface area contributed by atoms with E-state index < -0.39 is 12.1 Å². The van der Waals surface area contributed by atoms with Crippen molar-refractivity contribution >= 4 is 23.2 Å². The van der Waals surface area contributed by atoms with Crippen LogP contribution in [0.2, 0.25) is 0 Å². The maximum atomic E-state index is 12.9. The van der Waals surface area contributed by atoms with Crippen LogP contribution in [0.4, 0.5) is 11.4 Å². The lowest BCUT2D eigenvalue weighted by molar-refractivity contribution is -0.133. The molecule has 2 aliphatic rings. The van der Waals surface area contributed by atoms with Crippen molar-refractivity contribution in [2.75, 3.05) is 29.9 Å². The zero-order chi connectivity index (χ0) is 21.6. The second-order valence-electron chi connectivity index (χ2n) is 7.95. The van der Waals surface area contributed by atoms with E-state index in [-0.39, 0.29) is 18.4 Å². The number of anilines is 2. The summed E-state index contributed by atoms with van der Waals surface area (Å²) in [6.07, 6.45) is 2.89. The Hall–Kier alpha value is -3.22. The molecule has 2 aromatic rings. The molecule has 0 saturated carbocycles. The largest absolute Gasteiger partial charge is 0.485 e. The number of hydrogen-bond acceptors (Lipinski definition) is 5. The van der Waals surface area contributed by atoms with E-state index in [1.54, 1.807) is 12.1 Å². The number of para-hydroxylation sites is 2. The number of fused-ring (bicyclic) bond motifs is 1. The van der Waals surface area contributed by atoms with Gasteiger partial charge < -0.3 is 25.0 Å². The molecule has 0 radical (unpaired) electrons. The van der Waals surface area contributed by atoms with Crippen LogP contribution in [0.5, 0.6) is 11.5 Å². The van der Waals surface area contributed by atoms with Gasteiger partial charge in [-0.1, -0.05) is 31.5 Å². The molecular weight excluding hydrogens is 394 g/mol. The average Bonchev–Trinajstić information content (AvgIpc) is 3.33. The van der Waals surface area contributed by atoms with Gasteiger partial charge in [-0.25, -0.2) is 0 Å².